The molecule has 0 fully saturated rings. The van der Waals surface area contributed by atoms with Crippen molar-refractivity contribution in [3.8, 4) is 11.5 Å². The van der Waals surface area contributed by atoms with Crippen LogP contribution in [0.25, 0.3) is 0 Å². The van der Waals surface area contributed by atoms with Crippen molar-refractivity contribution in [2.24, 2.45) is 0 Å². The Morgan fingerprint density at radius 1 is 0.343 bits per heavy atom. The first-order chi connectivity index (χ1) is 34.6. The summed E-state index contributed by atoms with van der Waals surface area (Å²) >= 11 is 0. The molecule has 0 aliphatic rings. The van der Waals surface area contributed by atoms with Crippen LogP contribution in [0.15, 0.2) is 48.5 Å². The number of rotatable bonds is 48. The third kappa shape index (κ3) is 26.9. The standard InChI is InChI=1S/C48H80N6O16/c1-2-20-60-30-31-63-23-13-53(40-42-7-3-5-9-44(42)69-38-36-67-28-18-58)47-49-46(52(11-21-61-25-15-55)12-22-62-32-34-65-26-16-56)50-48(51-47)54(14-24-64-33-35-66-27-17-57)41-43-8-4-6-10-45(43)70-39-37-68-29-19-59/h3-10,55-59H,2,11-41H2,1H3. The van der Waals surface area contributed by atoms with Crippen molar-refractivity contribution in [1.82, 2.24) is 15.0 Å². The summed E-state index contributed by atoms with van der Waals surface area (Å²) in [4.78, 5) is 21.4. The van der Waals surface area contributed by atoms with Crippen LogP contribution in [0.5, 0.6) is 11.5 Å². The Balaban J connectivity index is 2.16. The summed E-state index contributed by atoms with van der Waals surface area (Å²) in [5.74, 6) is 2.30. The van der Waals surface area contributed by atoms with E-state index in [1.165, 1.54) is 0 Å². The van der Waals surface area contributed by atoms with Gasteiger partial charge in [0.05, 0.1) is 145 Å². The van der Waals surface area contributed by atoms with Gasteiger partial charge in [-0.2, -0.15) is 15.0 Å². The fourth-order valence-electron chi connectivity index (χ4n) is 6.40. The lowest BCUT2D eigenvalue weighted by atomic mass is 10.2. The number of benzene rings is 2. The predicted molar refractivity (Wildman–Crippen MR) is 261 cm³/mol. The molecular formula is C48H80N6O16. The van der Waals surface area contributed by atoms with E-state index in [0.717, 1.165) is 17.5 Å². The van der Waals surface area contributed by atoms with Crippen LogP contribution < -0.4 is 24.2 Å². The Bertz CT molecular complexity index is 1590. The normalized spacial score (nSPS) is 11.3. The van der Waals surface area contributed by atoms with Gasteiger partial charge in [0, 0.05) is 57.0 Å². The van der Waals surface area contributed by atoms with Crippen LogP contribution in [-0.2, 0) is 55.7 Å². The quantitative estimate of drug-likeness (QED) is 0.0495. The molecule has 1 aromatic heterocycles. The Morgan fingerprint density at radius 2 is 0.629 bits per heavy atom. The van der Waals surface area contributed by atoms with Crippen LogP contribution in [-0.4, -0.2) is 232 Å². The number of ether oxygens (including phenoxy) is 11. The topological polar surface area (TPSA) is 251 Å². The summed E-state index contributed by atoms with van der Waals surface area (Å²) in [6.07, 6.45) is 0.907. The number of nitrogens with zero attached hydrogens (tertiary/aromatic N) is 6. The fourth-order valence-corrected chi connectivity index (χ4v) is 6.40. The molecule has 5 N–H and O–H groups in total. The van der Waals surface area contributed by atoms with Crippen LogP contribution in [0, 0.1) is 0 Å². The van der Waals surface area contributed by atoms with Gasteiger partial charge in [0.25, 0.3) is 0 Å². The first-order valence-corrected chi connectivity index (χ1v) is 24.2. The van der Waals surface area contributed by atoms with E-state index in [9.17, 15) is 20.4 Å². The highest BCUT2D eigenvalue weighted by atomic mass is 16.5. The highest BCUT2D eigenvalue weighted by molar-refractivity contribution is 5.49. The van der Waals surface area contributed by atoms with Crippen LogP contribution in [0.1, 0.15) is 24.5 Å². The predicted octanol–water partition coefficient (Wildman–Crippen LogP) is 0.970. The minimum Gasteiger partial charge on any atom is -0.491 e. The Morgan fingerprint density at radius 3 is 0.986 bits per heavy atom. The highest BCUT2D eigenvalue weighted by Gasteiger charge is 2.23. The van der Waals surface area contributed by atoms with Crippen molar-refractivity contribution in [2.75, 3.05) is 206 Å². The van der Waals surface area contributed by atoms with Gasteiger partial charge in [0.15, 0.2) is 0 Å². The van der Waals surface area contributed by atoms with E-state index >= 15 is 0 Å². The monoisotopic (exact) mass is 997 g/mol. The Hall–Kier alpha value is -4.11. The first-order valence-electron chi connectivity index (χ1n) is 24.2. The van der Waals surface area contributed by atoms with Crippen molar-refractivity contribution in [3.63, 3.8) is 0 Å². The molecule has 1 heterocycles. The van der Waals surface area contributed by atoms with E-state index in [-0.39, 0.29) is 99.1 Å². The zero-order chi connectivity index (χ0) is 50.0. The van der Waals surface area contributed by atoms with Crippen molar-refractivity contribution >= 4 is 17.8 Å². The van der Waals surface area contributed by atoms with Crippen LogP contribution in [0.3, 0.4) is 0 Å². The number of aromatic nitrogens is 3. The molecule has 0 aliphatic heterocycles. The van der Waals surface area contributed by atoms with Crippen molar-refractivity contribution in [3.05, 3.63) is 59.7 Å². The molecule has 0 radical (unpaired) electrons. The molecule has 22 heteroatoms. The zero-order valence-electron chi connectivity index (χ0n) is 41.2. The third-order valence-corrected chi connectivity index (χ3v) is 9.75. The second-order valence-corrected chi connectivity index (χ2v) is 15.1. The third-order valence-electron chi connectivity index (χ3n) is 9.75. The summed E-state index contributed by atoms with van der Waals surface area (Å²) in [5, 5.41) is 46.2. The van der Waals surface area contributed by atoms with Gasteiger partial charge in [-0.25, -0.2) is 0 Å². The molecule has 70 heavy (non-hydrogen) atoms. The number of aliphatic hydroxyl groups excluding tert-OH is 5. The van der Waals surface area contributed by atoms with E-state index in [1.807, 2.05) is 63.2 Å². The zero-order valence-corrected chi connectivity index (χ0v) is 41.2. The van der Waals surface area contributed by atoms with Gasteiger partial charge in [-0.05, 0) is 18.6 Å². The number of para-hydroxylation sites is 2. The van der Waals surface area contributed by atoms with Crippen molar-refractivity contribution < 1.29 is 77.6 Å². The number of hydrogen-bond donors (Lipinski definition) is 5. The molecule has 2 aromatic carbocycles. The summed E-state index contributed by atoms with van der Waals surface area (Å²) in [7, 11) is 0. The van der Waals surface area contributed by atoms with E-state index < -0.39 is 0 Å². The average Bonchev–Trinajstić information content (AvgIpc) is 3.38. The summed E-state index contributed by atoms with van der Waals surface area (Å²) in [6, 6.07) is 15.4. The second-order valence-electron chi connectivity index (χ2n) is 15.1. The van der Waals surface area contributed by atoms with Gasteiger partial charge in [0.2, 0.25) is 17.8 Å². The Labute approximate surface area is 413 Å². The lowest BCUT2D eigenvalue weighted by molar-refractivity contribution is 0.0346. The minimum atomic E-state index is -0.134. The van der Waals surface area contributed by atoms with Crippen LogP contribution >= 0.6 is 0 Å². The molecule has 0 bridgehead atoms. The van der Waals surface area contributed by atoms with E-state index in [1.54, 1.807) is 0 Å². The van der Waals surface area contributed by atoms with Gasteiger partial charge in [-0.15, -0.1) is 0 Å². The largest absolute Gasteiger partial charge is 0.491 e. The molecule has 0 saturated carbocycles. The summed E-state index contributed by atoms with van der Waals surface area (Å²) in [6.45, 7) is 9.57. The molecule has 22 nitrogen and oxygen atoms in total. The van der Waals surface area contributed by atoms with Gasteiger partial charge in [-0.1, -0.05) is 43.3 Å². The van der Waals surface area contributed by atoms with Gasteiger partial charge in [0.1, 0.15) is 24.7 Å². The SMILES string of the molecule is CCCOCCOCCN(Cc1ccccc1OCCOCCO)c1nc(N(CCOCCO)CCOCCOCCO)nc(N(CCOCCOCCO)Cc2ccccc2OCCOCCO)n1. The smallest absolute Gasteiger partial charge is 0.232 e. The van der Waals surface area contributed by atoms with Crippen LogP contribution in [0.2, 0.25) is 0 Å². The van der Waals surface area contributed by atoms with E-state index in [4.69, 9.17) is 72.2 Å². The van der Waals surface area contributed by atoms with E-state index in [2.05, 4.69) is 6.92 Å². The van der Waals surface area contributed by atoms with Gasteiger partial charge >= 0.3 is 0 Å². The molecule has 0 amide bonds. The molecular weight excluding hydrogens is 917 g/mol. The van der Waals surface area contributed by atoms with Gasteiger partial charge in [-0.3, -0.25) is 0 Å². The molecule has 0 spiro atoms. The second kappa shape index (κ2) is 41.5. The van der Waals surface area contributed by atoms with Crippen molar-refractivity contribution in [2.45, 2.75) is 26.4 Å². The number of anilines is 3. The Kier molecular flexibility index (Phi) is 35.7. The maximum Gasteiger partial charge on any atom is 0.232 e. The summed E-state index contributed by atoms with van der Waals surface area (Å²) in [5.41, 5.74) is 1.70. The maximum atomic E-state index is 9.51. The molecule has 0 atom stereocenters. The highest BCUT2D eigenvalue weighted by Crippen LogP contribution is 2.27. The molecule has 398 valence electrons. The fraction of sp³-hybridized carbons (Fsp3) is 0.688. The average molecular weight is 997 g/mol. The molecule has 3 aromatic rings. The van der Waals surface area contributed by atoms with E-state index in [0.29, 0.717) is 135 Å². The molecule has 3 rings (SSSR count). The molecule has 0 saturated heterocycles. The minimum absolute atomic E-state index is 0.0810. The lowest BCUT2D eigenvalue weighted by Crippen LogP contribution is -2.36. The molecule has 0 unspecified atom stereocenters. The lowest BCUT2D eigenvalue weighted by Gasteiger charge is -2.30. The number of aliphatic hydroxyl groups is 5. The van der Waals surface area contributed by atoms with Gasteiger partial charge < -0.3 is 92.3 Å². The number of hydrogen-bond acceptors (Lipinski definition) is 22. The maximum absolute atomic E-state index is 9.51. The van der Waals surface area contributed by atoms with Crippen molar-refractivity contribution in [1.29, 1.82) is 0 Å². The summed E-state index contributed by atoms with van der Waals surface area (Å²) < 4.78 is 63.7. The van der Waals surface area contributed by atoms with Crippen LogP contribution in [0.4, 0.5) is 17.8 Å². The molecule has 0 aliphatic carbocycles. The first kappa shape index (κ1) is 60.2.